The largest absolute Gasteiger partial charge is 0.508 e. The molecule has 2 amide bonds. The number of hydrogen-bond donors (Lipinski definition) is 1. The van der Waals surface area contributed by atoms with E-state index in [9.17, 15) is 9.90 Å². The Morgan fingerprint density at radius 3 is 2.61 bits per heavy atom. The van der Waals surface area contributed by atoms with Gasteiger partial charge in [0, 0.05) is 25.7 Å². The average molecular weight is 318 g/mol. The van der Waals surface area contributed by atoms with Crippen molar-refractivity contribution in [2.45, 2.75) is 38.1 Å². The summed E-state index contributed by atoms with van der Waals surface area (Å²) in [6, 6.07) is 7.90. The van der Waals surface area contributed by atoms with Crippen LogP contribution < -0.4 is 0 Å². The second-order valence-electron chi connectivity index (χ2n) is 6.43. The van der Waals surface area contributed by atoms with E-state index in [0.29, 0.717) is 38.1 Å². The van der Waals surface area contributed by atoms with Gasteiger partial charge in [-0.2, -0.15) is 0 Å². The lowest BCUT2D eigenvalue weighted by atomic mass is 9.96. The Balaban J connectivity index is 1.59. The maximum Gasteiger partial charge on any atom is 0.320 e. The molecule has 0 radical (unpaired) electrons. The van der Waals surface area contributed by atoms with Crippen molar-refractivity contribution in [1.82, 2.24) is 9.80 Å². The van der Waals surface area contributed by atoms with Crippen LogP contribution in [0.25, 0.3) is 0 Å². The first-order chi connectivity index (χ1) is 11.2. The highest BCUT2D eigenvalue weighted by atomic mass is 16.5. The van der Waals surface area contributed by atoms with Gasteiger partial charge in [-0.05, 0) is 49.8 Å². The zero-order valence-electron chi connectivity index (χ0n) is 13.6. The number of piperidine rings is 1. The predicted molar refractivity (Wildman–Crippen MR) is 88.6 cm³/mol. The van der Waals surface area contributed by atoms with E-state index >= 15 is 0 Å². The van der Waals surface area contributed by atoms with Crippen molar-refractivity contribution < 1.29 is 14.6 Å². The molecule has 2 saturated heterocycles. The highest BCUT2D eigenvalue weighted by Crippen LogP contribution is 2.23. The van der Waals surface area contributed by atoms with Crippen LogP contribution in [0.4, 0.5) is 4.79 Å². The molecule has 2 aliphatic heterocycles. The van der Waals surface area contributed by atoms with Gasteiger partial charge < -0.3 is 19.6 Å². The molecule has 5 nitrogen and oxygen atoms in total. The number of ether oxygens (including phenoxy) is 1. The van der Waals surface area contributed by atoms with Gasteiger partial charge in [-0.1, -0.05) is 12.1 Å². The Kier molecular flexibility index (Phi) is 5.39. The van der Waals surface area contributed by atoms with Crippen LogP contribution in [0.2, 0.25) is 0 Å². The van der Waals surface area contributed by atoms with Gasteiger partial charge in [0.1, 0.15) is 5.75 Å². The smallest absolute Gasteiger partial charge is 0.320 e. The summed E-state index contributed by atoms with van der Waals surface area (Å²) in [6.45, 7) is 3.59. The molecule has 2 fully saturated rings. The van der Waals surface area contributed by atoms with Crippen LogP contribution in [0.5, 0.6) is 5.75 Å². The molecule has 1 atom stereocenters. The number of phenols is 1. The molecular weight excluding hydrogens is 292 g/mol. The number of benzene rings is 1. The molecule has 0 bridgehead atoms. The number of hydrogen-bond acceptors (Lipinski definition) is 3. The summed E-state index contributed by atoms with van der Waals surface area (Å²) in [5.74, 6) is 0.301. The maximum atomic E-state index is 12.8. The zero-order valence-corrected chi connectivity index (χ0v) is 13.6. The van der Waals surface area contributed by atoms with Crippen LogP contribution in [0.1, 0.15) is 31.2 Å². The van der Waals surface area contributed by atoms with Crippen molar-refractivity contribution in [3.63, 3.8) is 0 Å². The Hall–Kier alpha value is -1.75. The number of aromatic hydroxyl groups is 1. The summed E-state index contributed by atoms with van der Waals surface area (Å²) in [4.78, 5) is 16.8. The number of urea groups is 1. The first kappa shape index (κ1) is 16.1. The number of carbonyl (C=O) groups excluding carboxylic acids is 1. The van der Waals surface area contributed by atoms with Crippen LogP contribution in [0, 0.1) is 0 Å². The second-order valence-corrected chi connectivity index (χ2v) is 6.43. The highest BCUT2D eigenvalue weighted by molar-refractivity contribution is 5.75. The fourth-order valence-electron chi connectivity index (χ4n) is 3.48. The van der Waals surface area contributed by atoms with Crippen LogP contribution in [0.3, 0.4) is 0 Å². The van der Waals surface area contributed by atoms with E-state index in [-0.39, 0.29) is 6.03 Å². The SMILES string of the molecule is O=C(N1CCOCC1)N1CCCC[C@H]1CCc1ccc(O)cc1. The molecule has 1 N–H and O–H groups in total. The van der Waals surface area contributed by atoms with Crippen molar-refractivity contribution in [3.05, 3.63) is 29.8 Å². The lowest BCUT2D eigenvalue weighted by Gasteiger charge is -2.40. The number of nitrogens with zero attached hydrogens (tertiary/aromatic N) is 2. The number of likely N-dealkylation sites (tertiary alicyclic amines) is 1. The van der Waals surface area contributed by atoms with Gasteiger partial charge >= 0.3 is 6.03 Å². The lowest BCUT2D eigenvalue weighted by molar-refractivity contribution is 0.0350. The number of morpholine rings is 1. The third kappa shape index (κ3) is 4.16. The molecule has 1 aromatic rings. The minimum atomic E-state index is 0.184. The summed E-state index contributed by atoms with van der Waals surface area (Å²) in [5.41, 5.74) is 1.21. The van der Waals surface area contributed by atoms with Gasteiger partial charge in [0.05, 0.1) is 13.2 Å². The van der Waals surface area contributed by atoms with Crippen molar-refractivity contribution in [1.29, 1.82) is 0 Å². The molecule has 3 rings (SSSR count). The first-order valence-electron chi connectivity index (χ1n) is 8.65. The van der Waals surface area contributed by atoms with Crippen molar-refractivity contribution in [2.75, 3.05) is 32.8 Å². The van der Waals surface area contributed by atoms with Crippen LogP contribution in [-0.4, -0.2) is 59.8 Å². The minimum absolute atomic E-state index is 0.184. The minimum Gasteiger partial charge on any atom is -0.508 e. The van der Waals surface area contributed by atoms with Crippen molar-refractivity contribution >= 4 is 6.03 Å². The molecule has 23 heavy (non-hydrogen) atoms. The molecule has 0 aliphatic carbocycles. The average Bonchev–Trinajstić information content (AvgIpc) is 2.62. The Morgan fingerprint density at radius 2 is 1.87 bits per heavy atom. The third-order valence-corrected chi connectivity index (χ3v) is 4.86. The molecule has 126 valence electrons. The molecule has 0 unspecified atom stereocenters. The summed E-state index contributed by atoms with van der Waals surface area (Å²) in [5, 5.41) is 9.36. The van der Waals surface area contributed by atoms with E-state index in [1.807, 2.05) is 17.0 Å². The van der Waals surface area contributed by atoms with Crippen molar-refractivity contribution in [3.8, 4) is 5.75 Å². The van der Waals surface area contributed by atoms with Gasteiger partial charge in [-0.25, -0.2) is 4.79 Å². The van der Waals surface area contributed by atoms with E-state index < -0.39 is 0 Å². The van der Waals surface area contributed by atoms with Gasteiger partial charge in [-0.15, -0.1) is 0 Å². The maximum absolute atomic E-state index is 12.8. The van der Waals surface area contributed by atoms with Crippen LogP contribution in [0.15, 0.2) is 24.3 Å². The standard InChI is InChI=1S/C18H26N2O3/c21-17-8-5-15(6-9-17)4-7-16-3-1-2-10-20(16)18(22)19-11-13-23-14-12-19/h5-6,8-9,16,21H,1-4,7,10-14H2/t16-/m0/s1. The fourth-order valence-corrected chi connectivity index (χ4v) is 3.48. The number of amides is 2. The molecule has 2 heterocycles. The van der Waals surface area contributed by atoms with E-state index in [2.05, 4.69) is 4.90 Å². The van der Waals surface area contributed by atoms with Gasteiger partial charge in [0.2, 0.25) is 0 Å². The Morgan fingerprint density at radius 1 is 1.13 bits per heavy atom. The van der Waals surface area contributed by atoms with Gasteiger partial charge in [0.15, 0.2) is 0 Å². The summed E-state index contributed by atoms with van der Waals surface area (Å²) < 4.78 is 5.35. The highest BCUT2D eigenvalue weighted by Gasteiger charge is 2.30. The summed E-state index contributed by atoms with van der Waals surface area (Å²) in [6.07, 6.45) is 5.33. The zero-order chi connectivity index (χ0) is 16.1. The Bertz CT molecular complexity index is 512. The number of carbonyl (C=O) groups is 1. The van der Waals surface area contributed by atoms with Gasteiger partial charge in [0.25, 0.3) is 0 Å². The molecule has 0 saturated carbocycles. The molecule has 1 aromatic carbocycles. The van der Waals surface area contributed by atoms with E-state index in [0.717, 1.165) is 32.2 Å². The molecule has 2 aliphatic rings. The number of phenolic OH excluding ortho intramolecular Hbond substituents is 1. The van der Waals surface area contributed by atoms with E-state index in [4.69, 9.17) is 4.74 Å². The summed E-state index contributed by atoms with van der Waals surface area (Å²) in [7, 11) is 0. The number of aryl methyl sites for hydroxylation is 1. The molecule has 0 aromatic heterocycles. The quantitative estimate of drug-likeness (QED) is 0.932. The van der Waals surface area contributed by atoms with Crippen LogP contribution >= 0.6 is 0 Å². The molecular formula is C18H26N2O3. The normalized spacial score (nSPS) is 22.2. The predicted octanol–water partition coefficient (Wildman–Crippen LogP) is 2.63. The summed E-state index contributed by atoms with van der Waals surface area (Å²) >= 11 is 0. The fraction of sp³-hybridized carbons (Fsp3) is 0.611. The Labute approximate surface area is 137 Å². The monoisotopic (exact) mass is 318 g/mol. The second kappa shape index (κ2) is 7.68. The van der Waals surface area contributed by atoms with E-state index in [1.165, 1.54) is 12.0 Å². The van der Waals surface area contributed by atoms with Crippen LogP contribution in [-0.2, 0) is 11.2 Å². The molecule has 0 spiro atoms. The van der Waals surface area contributed by atoms with Gasteiger partial charge in [-0.3, -0.25) is 0 Å². The van der Waals surface area contributed by atoms with Crippen molar-refractivity contribution in [2.24, 2.45) is 0 Å². The first-order valence-corrected chi connectivity index (χ1v) is 8.65. The molecule has 5 heteroatoms. The van der Waals surface area contributed by atoms with E-state index in [1.54, 1.807) is 12.1 Å². The third-order valence-electron chi connectivity index (χ3n) is 4.86. The topological polar surface area (TPSA) is 53.0 Å². The number of rotatable bonds is 3. The lowest BCUT2D eigenvalue weighted by Crippen LogP contribution is -2.53.